The van der Waals surface area contributed by atoms with E-state index in [9.17, 15) is 29.0 Å². The maximum atomic E-state index is 13.0. The molecule has 3 heterocycles. The fourth-order valence-electron chi connectivity index (χ4n) is 4.48. The molecule has 3 N–H and O–H groups in total. The molecule has 4 aromatic rings. The van der Waals surface area contributed by atoms with Crippen molar-refractivity contribution in [2.45, 2.75) is 30.6 Å². The van der Waals surface area contributed by atoms with Crippen molar-refractivity contribution in [2.75, 3.05) is 6.61 Å². The van der Waals surface area contributed by atoms with E-state index in [1.165, 1.54) is 12.3 Å². The third-order valence-corrected chi connectivity index (χ3v) is 6.82. The maximum absolute atomic E-state index is 13.0. The molecule has 0 aliphatic carbocycles. The van der Waals surface area contributed by atoms with Crippen molar-refractivity contribution in [1.29, 1.82) is 0 Å². The number of esters is 2. The van der Waals surface area contributed by atoms with Crippen molar-refractivity contribution in [1.82, 2.24) is 9.55 Å². The average Bonchev–Trinajstić information content (AvgIpc) is 3.39. The van der Waals surface area contributed by atoms with Gasteiger partial charge in [-0.25, -0.2) is 19.1 Å². The van der Waals surface area contributed by atoms with E-state index < -0.39 is 57.0 Å². The van der Waals surface area contributed by atoms with E-state index in [-0.39, 0.29) is 11.3 Å². The summed E-state index contributed by atoms with van der Waals surface area (Å²) in [5.74, 6) is -1.63. The molecule has 12 nitrogen and oxygen atoms in total. The van der Waals surface area contributed by atoms with E-state index in [4.69, 9.17) is 18.7 Å². The lowest BCUT2D eigenvalue weighted by Gasteiger charge is -2.44. The van der Waals surface area contributed by atoms with Crippen LogP contribution in [0.2, 0.25) is 0 Å². The zero-order valence-electron chi connectivity index (χ0n) is 20.8. The minimum absolute atomic E-state index is 0.0815. The summed E-state index contributed by atoms with van der Waals surface area (Å²) in [4.78, 5) is 48.9. The molecule has 5 rings (SSSR count). The Bertz CT molecular complexity index is 1520. The van der Waals surface area contributed by atoms with Gasteiger partial charge in [-0.1, -0.05) is 42.5 Å². The molecule has 0 saturated carbocycles. The summed E-state index contributed by atoms with van der Waals surface area (Å²) in [6.07, 6.45) is -4.69. The van der Waals surface area contributed by atoms with E-state index in [0.717, 1.165) is 5.39 Å². The number of aromatic nitrogens is 2. The molecule has 1 fully saturated rings. The van der Waals surface area contributed by atoms with Gasteiger partial charge in [0.2, 0.25) is 0 Å². The Morgan fingerprint density at radius 2 is 1.65 bits per heavy atom. The van der Waals surface area contributed by atoms with Gasteiger partial charge in [0.25, 0.3) is 0 Å². The van der Waals surface area contributed by atoms with Crippen LogP contribution in [0.4, 0.5) is 0 Å². The predicted molar refractivity (Wildman–Crippen MR) is 139 cm³/mol. The minimum Gasteiger partial charge on any atom is -0.459 e. The molecule has 13 heteroatoms. The molecule has 0 unspecified atom stereocenters. The Balaban J connectivity index is 1.51. The van der Waals surface area contributed by atoms with Crippen molar-refractivity contribution in [3.63, 3.8) is 0 Å². The second-order valence-electron chi connectivity index (χ2n) is 8.95. The van der Waals surface area contributed by atoms with Crippen LogP contribution in [0.3, 0.4) is 0 Å². The third kappa shape index (κ3) is 6.13. The summed E-state index contributed by atoms with van der Waals surface area (Å²) in [5, 5.41) is 12.0. The van der Waals surface area contributed by atoms with Crippen LogP contribution in [0.1, 0.15) is 27.1 Å². The highest BCUT2D eigenvalue weighted by molar-refractivity contribution is 7.46. The normalized spacial score (nSPS) is 23.0. The van der Waals surface area contributed by atoms with Gasteiger partial charge in [-0.05, 0) is 41.8 Å². The smallest absolute Gasteiger partial charge is 0.459 e. The van der Waals surface area contributed by atoms with Gasteiger partial charge in [0.15, 0.2) is 12.3 Å². The molecule has 0 amide bonds. The highest BCUT2D eigenvalue weighted by Crippen LogP contribution is 2.44. The summed E-state index contributed by atoms with van der Waals surface area (Å²) in [7, 11) is -5.23. The SMILES string of the molecule is O=C(OC[C@H]1O[C@@H](n2ccc3ccccc32)[C@H](OC(=O)c2ccccn2)[C@@H](OP(=O)(O)O)[C@@H]1O)c1ccccc1. The van der Waals surface area contributed by atoms with Gasteiger partial charge in [0.1, 0.15) is 30.6 Å². The fraction of sp³-hybridized carbons (Fsp3) is 0.222. The van der Waals surface area contributed by atoms with E-state index in [1.54, 1.807) is 71.4 Å². The second-order valence-corrected chi connectivity index (χ2v) is 10.1. The van der Waals surface area contributed by atoms with E-state index in [0.29, 0.717) is 5.52 Å². The second kappa shape index (κ2) is 11.7. The zero-order valence-corrected chi connectivity index (χ0v) is 21.7. The van der Waals surface area contributed by atoms with Crippen LogP contribution in [0, 0.1) is 0 Å². The molecule has 0 bridgehead atoms. The van der Waals surface area contributed by atoms with Gasteiger partial charge in [0.05, 0.1) is 11.1 Å². The number of para-hydroxylation sites is 1. The van der Waals surface area contributed by atoms with Gasteiger partial charge < -0.3 is 33.7 Å². The number of carbonyl (C=O) groups is 2. The van der Waals surface area contributed by atoms with Crippen LogP contribution in [0.5, 0.6) is 0 Å². The number of pyridine rings is 1. The standard InChI is InChI=1S/C27H25N2O10P/c30-22-21(16-36-26(31)18-9-2-1-3-10-18)37-25(29-15-13-17-8-4-5-12-20(17)29)24(23(22)39-40(33,34)35)38-27(32)19-11-6-7-14-28-19/h1-15,21-25,30H,16H2,(H2,33,34,35)/t21-,22-,23+,24-,25-/m1/s1. The van der Waals surface area contributed by atoms with Crippen LogP contribution in [-0.4, -0.2) is 67.4 Å². The maximum Gasteiger partial charge on any atom is 0.470 e. The topological polar surface area (TPSA) is 167 Å². The molecule has 1 aliphatic rings. The van der Waals surface area contributed by atoms with Crippen LogP contribution in [-0.2, 0) is 23.3 Å². The quantitative estimate of drug-likeness (QED) is 0.211. The molecule has 5 atom stereocenters. The van der Waals surface area contributed by atoms with E-state index in [1.807, 2.05) is 12.1 Å². The van der Waals surface area contributed by atoms with Crippen molar-refractivity contribution in [2.24, 2.45) is 0 Å². The first-order valence-corrected chi connectivity index (χ1v) is 13.7. The number of aliphatic hydroxyl groups is 1. The first-order chi connectivity index (χ1) is 19.2. The van der Waals surface area contributed by atoms with Gasteiger partial charge in [-0.15, -0.1) is 0 Å². The summed E-state index contributed by atoms with van der Waals surface area (Å²) < 4.78 is 35.7. The molecule has 0 spiro atoms. The molecule has 1 saturated heterocycles. The summed E-state index contributed by atoms with van der Waals surface area (Å²) >= 11 is 0. The number of phosphoric acid groups is 1. The highest BCUT2D eigenvalue weighted by atomic mass is 31.2. The summed E-state index contributed by atoms with van der Waals surface area (Å²) in [6, 6.07) is 21.6. The molecule has 2 aromatic heterocycles. The van der Waals surface area contributed by atoms with Gasteiger partial charge in [0, 0.05) is 12.4 Å². The lowest BCUT2D eigenvalue weighted by atomic mass is 9.97. The van der Waals surface area contributed by atoms with Crippen molar-refractivity contribution >= 4 is 30.7 Å². The van der Waals surface area contributed by atoms with Gasteiger partial charge in [-0.2, -0.15) is 0 Å². The molecule has 0 radical (unpaired) electrons. The highest BCUT2D eigenvalue weighted by Gasteiger charge is 2.52. The van der Waals surface area contributed by atoms with E-state index >= 15 is 0 Å². The molecule has 208 valence electrons. The Morgan fingerprint density at radius 3 is 2.38 bits per heavy atom. The molecule has 40 heavy (non-hydrogen) atoms. The van der Waals surface area contributed by atoms with Crippen LogP contribution < -0.4 is 0 Å². The number of benzene rings is 2. The van der Waals surface area contributed by atoms with E-state index in [2.05, 4.69) is 4.98 Å². The number of rotatable bonds is 8. The first-order valence-electron chi connectivity index (χ1n) is 12.2. The first kappa shape index (κ1) is 27.7. The summed E-state index contributed by atoms with van der Waals surface area (Å²) in [5.41, 5.74) is 0.811. The van der Waals surface area contributed by atoms with Gasteiger partial charge >= 0.3 is 19.8 Å². The van der Waals surface area contributed by atoms with Crippen molar-refractivity contribution in [3.05, 3.63) is 103 Å². The number of phosphoric ester groups is 1. The van der Waals surface area contributed by atoms with Crippen LogP contribution in [0.15, 0.2) is 91.3 Å². The number of aliphatic hydroxyl groups excluding tert-OH is 1. The summed E-state index contributed by atoms with van der Waals surface area (Å²) in [6.45, 7) is -0.494. The lowest BCUT2D eigenvalue weighted by molar-refractivity contribution is -0.246. The van der Waals surface area contributed by atoms with Crippen molar-refractivity contribution in [3.8, 4) is 0 Å². The average molecular weight is 568 g/mol. The Labute approximate surface area is 227 Å². The minimum atomic E-state index is -5.23. The molecular formula is C27H25N2O10P. The Morgan fingerprint density at radius 1 is 0.925 bits per heavy atom. The largest absolute Gasteiger partial charge is 0.470 e. The fourth-order valence-corrected chi connectivity index (χ4v) is 5.04. The number of hydrogen-bond acceptors (Lipinski definition) is 9. The number of nitrogens with zero attached hydrogens (tertiary/aromatic N) is 2. The monoisotopic (exact) mass is 568 g/mol. The number of fused-ring (bicyclic) bond motifs is 1. The Hall–Kier alpha value is -3.90. The third-order valence-electron chi connectivity index (χ3n) is 6.30. The van der Waals surface area contributed by atoms with Crippen LogP contribution >= 0.6 is 7.82 Å². The number of carbonyl (C=O) groups excluding carboxylic acids is 2. The number of ether oxygens (including phenoxy) is 3. The molecular weight excluding hydrogens is 543 g/mol. The lowest BCUT2D eigenvalue weighted by Crippen LogP contribution is -2.58. The molecule has 1 aliphatic heterocycles. The predicted octanol–water partition coefficient (Wildman–Crippen LogP) is 2.86. The zero-order chi connectivity index (χ0) is 28.3. The van der Waals surface area contributed by atoms with Crippen molar-refractivity contribution < 1.29 is 47.8 Å². The Kier molecular flexibility index (Phi) is 8.08. The molecule has 2 aromatic carbocycles. The van der Waals surface area contributed by atoms with Gasteiger partial charge in [-0.3, -0.25) is 4.52 Å². The van der Waals surface area contributed by atoms with Crippen LogP contribution in [0.25, 0.3) is 10.9 Å². The number of hydrogen-bond donors (Lipinski definition) is 3.